The molecule has 1 saturated carbocycles. The van der Waals surface area contributed by atoms with Gasteiger partial charge in [-0.1, -0.05) is 4.49 Å². The minimum atomic E-state index is 0.383. The molecule has 0 saturated heterocycles. The third-order valence-corrected chi connectivity index (χ3v) is 2.59. The van der Waals surface area contributed by atoms with Gasteiger partial charge in [0.25, 0.3) is 0 Å². The maximum atomic E-state index is 5.61. The zero-order valence-electron chi connectivity index (χ0n) is 5.40. The molecule has 0 aromatic carbocycles. The van der Waals surface area contributed by atoms with Crippen molar-refractivity contribution in [1.82, 2.24) is 14.8 Å². The lowest BCUT2D eigenvalue weighted by Gasteiger charge is -2.29. The lowest BCUT2D eigenvalue weighted by atomic mass is 9.81. The summed E-state index contributed by atoms with van der Waals surface area (Å²) in [4.78, 5) is 0. The minimum Gasteiger partial charge on any atom is -0.328 e. The third kappa shape index (κ3) is 0.911. The van der Waals surface area contributed by atoms with Gasteiger partial charge in [0.05, 0.1) is 0 Å². The van der Waals surface area contributed by atoms with Gasteiger partial charge in [-0.05, 0) is 18.1 Å². The van der Waals surface area contributed by atoms with Crippen LogP contribution in [-0.4, -0.2) is 20.8 Å². The number of nitrogens with two attached hydrogens (primary N) is 1. The van der Waals surface area contributed by atoms with Crippen molar-refractivity contribution in [3.8, 4) is 0 Å². The predicted molar refractivity (Wildman–Crippen MR) is 37.7 cm³/mol. The van der Waals surface area contributed by atoms with Crippen LogP contribution in [0.2, 0.25) is 0 Å². The lowest BCUT2D eigenvalue weighted by Crippen LogP contribution is -2.34. The van der Waals surface area contributed by atoms with Crippen LogP contribution in [0.4, 0.5) is 0 Å². The van der Waals surface area contributed by atoms with E-state index in [2.05, 4.69) is 14.8 Å². The van der Waals surface area contributed by atoms with Crippen LogP contribution in [0, 0.1) is 0 Å². The SMILES string of the molecule is NC1CC(c2nnns2)C1. The van der Waals surface area contributed by atoms with Gasteiger partial charge in [0.15, 0.2) is 0 Å². The number of rotatable bonds is 1. The highest BCUT2D eigenvalue weighted by Gasteiger charge is 2.29. The van der Waals surface area contributed by atoms with Crippen molar-refractivity contribution in [1.29, 1.82) is 0 Å². The Morgan fingerprint density at radius 2 is 2.30 bits per heavy atom. The van der Waals surface area contributed by atoms with Crippen molar-refractivity contribution in [2.45, 2.75) is 24.8 Å². The molecule has 1 heterocycles. The first-order chi connectivity index (χ1) is 4.86. The van der Waals surface area contributed by atoms with E-state index in [1.807, 2.05) is 0 Å². The van der Waals surface area contributed by atoms with E-state index in [9.17, 15) is 0 Å². The average molecular weight is 156 g/mol. The Morgan fingerprint density at radius 1 is 1.50 bits per heavy atom. The van der Waals surface area contributed by atoms with Crippen molar-refractivity contribution in [2.24, 2.45) is 5.73 Å². The van der Waals surface area contributed by atoms with Crippen LogP contribution in [0.3, 0.4) is 0 Å². The van der Waals surface area contributed by atoms with Gasteiger partial charge >= 0.3 is 0 Å². The summed E-state index contributed by atoms with van der Waals surface area (Å²) in [6.45, 7) is 0. The standard InChI is InChI=1S/C5H8N4S/c6-4-1-3(2-4)5-7-8-9-10-5/h3-4H,1-2,6H2. The minimum absolute atomic E-state index is 0.383. The zero-order valence-corrected chi connectivity index (χ0v) is 6.21. The van der Waals surface area contributed by atoms with E-state index < -0.39 is 0 Å². The Kier molecular flexibility index (Phi) is 1.39. The summed E-state index contributed by atoms with van der Waals surface area (Å²) in [5, 5.41) is 8.45. The molecule has 5 heteroatoms. The fourth-order valence-corrected chi connectivity index (χ4v) is 1.73. The summed E-state index contributed by atoms with van der Waals surface area (Å²) in [7, 11) is 0. The van der Waals surface area contributed by atoms with Crippen LogP contribution in [0.25, 0.3) is 0 Å². The molecule has 1 aromatic heterocycles. The molecule has 0 spiro atoms. The van der Waals surface area contributed by atoms with Crippen LogP contribution < -0.4 is 5.73 Å². The molecule has 54 valence electrons. The van der Waals surface area contributed by atoms with E-state index in [-0.39, 0.29) is 0 Å². The fraction of sp³-hybridized carbons (Fsp3) is 0.800. The molecular formula is C5H8N4S. The summed E-state index contributed by atoms with van der Waals surface area (Å²) in [6.07, 6.45) is 2.10. The van der Waals surface area contributed by atoms with Gasteiger partial charge in [-0.2, -0.15) is 0 Å². The van der Waals surface area contributed by atoms with Gasteiger partial charge in [0.1, 0.15) is 5.01 Å². The molecule has 0 aliphatic heterocycles. The molecular weight excluding hydrogens is 148 g/mol. The molecule has 1 aromatic rings. The Bertz CT molecular complexity index is 203. The molecule has 2 rings (SSSR count). The fourth-order valence-electron chi connectivity index (χ4n) is 1.16. The Morgan fingerprint density at radius 3 is 2.80 bits per heavy atom. The van der Waals surface area contributed by atoms with Gasteiger partial charge in [-0.15, -0.1) is 5.10 Å². The quantitative estimate of drug-likeness (QED) is 0.628. The van der Waals surface area contributed by atoms with Crippen LogP contribution in [-0.2, 0) is 0 Å². The number of hydrogen-bond acceptors (Lipinski definition) is 5. The summed E-state index contributed by atoms with van der Waals surface area (Å²) >= 11 is 1.38. The average Bonchev–Trinajstić information content (AvgIpc) is 2.31. The number of hydrogen-bond donors (Lipinski definition) is 1. The maximum absolute atomic E-state index is 5.61. The van der Waals surface area contributed by atoms with E-state index in [1.165, 1.54) is 11.5 Å². The van der Waals surface area contributed by atoms with Crippen LogP contribution >= 0.6 is 11.5 Å². The van der Waals surface area contributed by atoms with Crippen molar-refractivity contribution in [3.63, 3.8) is 0 Å². The van der Waals surface area contributed by atoms with Crippen LogP contribution in [0.5, 0.6) is 0 Å². The smallest absolute Gasteiger partial charge is 0.141 e. The lowest BCUT2D eigenvalue weighted by molar-refractivity contribution is 0.349. The van der Waals surface area contributed by atoms with Crippen molar-refractivity contribution >= 4 is 11.5 Å². The predicted octanol–water partition coefficient (Wildman–Crippen LogP) is 0.138. The largest absolute Gasteiger partial charge is 0.328 e. The first-order valence-corrected chi connectivity index (χ1v) is 4.04. The van der Waals surface area contributed by atoms with Crippen molar-refractivity contribution in [2.75, 3.05) is 0 Å². The highest BCUT2D eigenvalue weighted by atomic mass is 32.1. The van der Waals surface area contributed by atoms with E-state index in [4.69, 9.17) is 5.73 Å². The van der Waals surface area contributed by atoms with Crippen molar-refractivity contribution < 1.29 is 0 Å². The molecule has 0 unspecified atom stereocenters. The highest BCUT2D eigenvalue weighted by molar-refractivity contribution is 7.05. The third-order valence-electron chi connectivity index (χ3n) is 1.84. The second kappa shape index (κ2) is 2.25. The van der Waals surface area contributed by atoms with E-state index in [1.54, 1.807) is 0 Å². The van der Waals surface area contributed by atoms with Crippen LogP contribution in [0.15, 0.2) is 0 Å². The van der Waals surface area contributed by atoms with Gasteiger partial charge in [-0.3, -0.25) is 0 Å². The molecule has 1 aliphatic carbocycles. The first kappa shape index (κ1) is 6.18. The second-order valence-corrected chi connectivity index (χ2v) is 3.39. The summed E-state index contributed by atoms with van der Waals surface area (Å²) in [6, 6.07) is 0.383. The van der Waals surface area contributed by atoms with E-state index in [0.29, 0.717) is 12.0 Å². The van der Waals surface area contributed by atoms with Gasteiger partial charge in [0, 0.05) is 23.5 Å². The summed E-state index contributed by atoms with van der Waals surface area (Å²) < 4.78 is 3.69. The molecule has 2 N–H and O–H groups in total. The van der Waals surface area contributed by atoms with Gasteiger partial charge < -0.3 is 5.73 Å². The number of nitrogens with zero attached hydrogens (tertiary/aromatic N) is 3. The zero-order chi connectivity index (χ0) is 6.97. The topological polar surface area (TPSA) is 64.7 Å². The Labute approximate surface area is 62.6 Å². The molecule has 1 fully saturated rings. The highest BCUT2D eigenvalue weighted by Crippen LogP contribution is 2.35. The van der Waals surface area contributed by atoms with E-state index in [0.717, 1.165) is 17.8 Å². The maximum Gasteiger partial charge on any atom is 0.141 e. The van der Waals surface area contributed by atoms with E-state index >= 15 is 0 Å². The molecule has 10 heavy (non-hydrogen) atoms. The van der Waals surface area contributed by atoms with Gasteiger partial charge in [0.2, 0.25) is 0 Å². The molecule has 0 bridgehead atoms. The van der Waals surface area contributed by atoms with Gasteiger partial charge in [-0.25, -0.2) is 0 Å². The molecule has 0 atom stereocenters. The molecule has 4 nitrogen and oxygen atoms in total. The first-order valence-electron chi connectivity index (χ1n) is 3.27. The number of aromatic nitrogens is 3. The Balaban J connectivity index is 2.04. The monoisotopic (exact) mass is 156 g/mol. The molecule has 0 amide bonds. The Hall–Kier alpha value is -0.550. The second-order valence-electron chi connectivity index (χ2n) is 2.63. The normalized spacial score (nSPS) is 31.7. The van der Waals surface area contributed by atoms with Crippen LogP contribution in [0.1, 0.15) is 23.8 Å². The summed E-state index contributed by atoms with van der Waals surface area (Å²) in [5.41, 5.74) is 5.61. The van der Waals surface area contributed by atoms with Crippen molar-refractivity contribution in [3.05, 3.63) is 5.01 Å². The molecule has 0 radical (unpaired) electrons. The molecule has 1 aliphatic rings. The summed E-state index contributed by atoms with van der Waals surface area (Å²) in [5.74, 6) is 0.551.